The average molecular weight is 994 g/mol. The maximum absolute atomic E-state index is 14.2. The zero-order valence-corrected chi connectivity index (χ0v) is 43.4. The van der Waals surface area contributed by atoms with Crippen LogP contribution in [0.1, 0.15) is 126 Å². The van der Waals surface area contributed by atoms with Crippen molar-refractivity contribution >= 4 is 63.8 Å². The predicted molar refractivity (Wildman–Crippen MR) is 283 cm³/mol. The average Bonchev–Trinajstić information content (AvgIpc) is 3.93. The minimum atomic E-state index is -0.655. The Bertz CT molecular complexity index is 2970. The van der Waals surface area contributed by atoms with E-state index in [0.29, 0.717) is 55.2 Å². The molecule has 15 nitrogen and oxygen atoms in total. The molecular weight excluding hydrogens is 927 g/mol. The number of benzene rings is 3. The van der Waals surface area contributed by atoms with Crippen molar-refractivity contribution in [2.24, 2.45) is 17.9 Å². The lowest BCUT2D eigenvalue weighted by Crippen LogP contribution is -2.52. The summed E-state index contributed by atoms with van der Waals surface area (Å²) in [6.45, 7) is 14.1. The van der Waals surface area contributed by atoms with E-state index in [-0.39, 0.29) is 52.3 Å². The van der Waals surface area contributed by atoms with Gasteiger partial charge in [-0.05, 0) is 129 Å². The number of piperazine rings is 1. The third-order valence-electron chi connectivity index (χ3n) is 15.1. The number of aryl methyl sites for hydroxylation is 3. The van der Waals surface area contributed by atoms with Gasteiger partial charge in [-0.1, -0.05) is 58.0 Å². The highest BCUT2D eigenvalue weighted by Gasteiger charge is 2.40. The molecule has 4 aliphatic rings. The van der Waals surface area contributed by atoms with Gasteiger partial charge < -0.3 is 30.3 Å². The Kier molecular flexibility index (Phi) is 14.3. The van der Waals surface area contributed by atoms with Crippen LogP contribution < -0.4 is 26.8 Å². The van der Waals surface area contributed by atoms with Gasteiger partial charge in [-0.25, -0.2) is 4.98 Å². The predicted octanol–water partition coefficient (Wildman–Crippen LogP) is 8.60. The first-order valence-corrected chi connectivity index (χ1v) is 26.1. The Morgan fingerprint density at radius 1 is 0.861 bits per heavy atom. The highest BCUT2D eigenvalue weighted by molar-refractivity contribution is 7.14. The summed E-state index contributed by atoms with van der Waals surface area (Å²) >= 11 is 1.58. The molecule has 1 unspecified atom stereocenters. The van der Waals surface area contributed by atoms with E-state index in [1.807, 2.05) is 79.5 Å². The number of piperidine rings is 1. The maximum Gasteiger partial charge on any atom is 0.293 e. The van der Waals surface area contributed by atoms with Crippen molar-refractivity contribution in [1.82, 2.24) is 29.6 Å². The lowest BCUT2D eigenvalue weighted by molar-refractivity contribution is -0.141. The van der Waals surface area contributed by atoms with Crippen molar-refractivity contribution in [3.8, 4) is 11.3 Å². The Labute approximate surface area is 425 Å². The molecule has 2 aromatic heterocycles. The summed E-state index contributed by atoms with van der Waals surface area (Å²) in [6, 6.07) is 19.9. The van der Waals surface area contributed by atoms with Crippen LogP contribution in [-0.2, 0) is 40.8 Å². The topological polar surface area (TPSA) is 178 Å². The van der Waals surface area contributed by atoms with Gasteiger partial charge in [0, 0.05) is 91.0 Å². The molecule has 72 heavy (non-hydrogen) atoms. The molecule has 4 N–H and O–H groups in total. The van der Waals surface area contributed by atoms with E-state index in [1.54, 1.807) is 35.5 Å². The highest BCUT2D eigenvalue weighted by atomic mass is 32.1. The van der Waals surface area contributed by atoms with Crippen molar-refractivity contribution in [2.75, 3.05) is 49.2 Å². The van der Waals surface area contributed by atoms with Gasteiger partial charge >= 0.3 is 0 Å². The Morgan fingerprint density at radius 3 is 2.33 bits per heavy atom. The van der Waals surface area contributed by atoms with E-state index in [2.05, 4.69) is 53.9 Å². The molecule has 2 fully saturated rings. The number of amides is 5. The molecule has 0 radical (unpaired) electrons. The van der Waals surface area contributed by atoms with Crippen molar-refractivity contribution < 1.29 is 24.0 Å². The normalized spacial score (nSPS) is 18.5. The van der Waals surface area contributed by atoms with Crippen molar-refractivity contribution in [1.29, 1.82) is 0 Å². The van der Waals surface area contributed by atoms with Gasteiger partial charge in [-0.3, -0.25) is 39.0 Å². The molecule has 0 saturated carbocycles. The second kappa shape index (κ2) is 20.5. The maximum atomic E-state index is 14.2. The van der Waals surface area contributed by atoms with Gasteiger partial charge in [0.05, 0.1) is 10.6 Å². The van der Waals surface area contributed by atoms with Crippen molar-refractivity contribution in [3.05, 3.63) is 121 Å². The molecule has 2 atom stereocenters. The number of aromatic nitrogens is 2. The first-order valence-electron chi connectivity index (χ1n) is 25.3. The largest absolute Gasteiger partial charge is 0.385 e. The van der Waals surface area contributed by atoms with Gasteiger partial charge in [-0.15, -0.1) is 11.3 Å². The molecule has 5 amide bonds. The van der Waals surface area contributed by atoms with Gasteiger partial charge in [0.15, 0.2) is 5.82 Å². The molecule has 378 valence electrons. The molecule has 1 aliphatic carbocycles. The molecule has 3 aliphatic heterocycles. The van der Waals surface area contributed by atoms with Crippen LogP contribution in [0.5, 0.6) is 0 Å². The number of nitrogens with one attached hydrogen (secondary N) is 4. The summed E-state index contributed by atoms with van der Waals surface area (Å²) in [6.07, 6.45) is 9.30. The third kappa shape index (κ3) is 10.8. The molecular formula is C56H67N9O6S. The number of carbonyl (C=O) groups excluding carboxylic acids is 5. The fourth-order valence-electron chi connectivity index (χ4n) is 11.2. The van der Waals surface area contributed by atoms with Crippen LogP contribution in [-0.4, -0.2) is 93.1 Å². The minimum Gasteiger partial charge on any atom is -0.385 e. The SMILES string of the molecule is Cc1c(NC(=O)c2cc3c(s2)CCCC3)cccc1-c1cn(C)c(=O)c(Nc2ccc([C@@H]3C(=O)N(CCC(C)(C)CC(C)(C)CCNc4cccc5c4CN(C4CCC(=O)NC4=O)C5=O)CCN3C)cc2)n1. The van der Waals surface area contributed by atoms with E-state index < -0.39 is 18.0 Å². The van der Waals surface area contributed by atoms with E-state index in [9.17, 15) is 28.8 Å². The molecule has 5 aromatic rings. The molecule has 0 spiro atoms. The fraction of sp³-hybridized carbons (Fsp3) is 0.446. The van der Waals surface area contributed by atoms with E-state index in [4.69, 9.17) is 4.98 Å². The van der Waals surface area contributed by atoms with E-state index in [1.165, 1.54) is 15.0 Å². The number of anilines is 4. The Balaban J connectivity index is 0.790. The number of hydrogen-bond acceptors (Lipinski definition) is 11. The highest BCUT2D eigenvalue weighted by Crippen LogP contribution is 2.40. The number of fused-ring (bicyclic) bond motifs is 2. The van der Waals surface area contributed by atoms with Crippen molar-refractivity contribution in [2.45, 2.75) is 111 Å². The lowest BCUT2D eigenvalue weighted by atomic mass is 9.71. The summed E-state index contributed by atoms with van der Waals surface area (Å²) in [5.74, 6) is -0.791. The number of rotatable bonds is 16. The third-order valence-corrected chi connectivity index (χ3v) is 16.3. The quantitative estimate of drug-likeness (QED) is 0.0700. The zero-order valence-electron chi connectivity index (χ0n) is 42.6. The summed E-state index contributed by atoms with van der Waals surface area (Å²) in [7, 11) is 3.68. The van der Waals surface area contributed by atoms with Crippen molar-refractivity contribution in [3.63, 3.8) is 0 Å². The number of carbonyl (C=O) groups is 5. The fourth-order valence-corrected chi connectivity index (χ4v) is 12.4. The number of hydrogen-bond donors (Lipinski definition) is 4. The Hall–Kier alpha value is -6.65. The first-order chi connectivity index (χ1) is 34.3. The van der Waals surface area contributed by atoms with Gasteiger partial charge in [-0.2, -0.15) is 0 Å². The molecule has 5 heterocycles. The lowest BCUT2D eigenvalue weighted by Gasteiger charge is -2.41. The number of imide groups is 1. The van der Waals surface area contributed by atoms with Crippen LogP contribution in [0.25, 0.3) is 11.3 Å². The molecule has 0 bridgehead atoms. The second-order valence-electron chi connectivity index (χ2n) is 21.7. The molecule has 3 aromatic carbocycles. The van der Waals surface area contributed by atoms with Crippen LogP contribution >= 0.6 is 11.3 Å². The van der Waals surface area contributed by atoms with Crippen LogP contribution in [0.4, 0.5) is 22.9 Å². The van der Waals surface area contributed by atoms with Crippen LogP contribution in [0.3, 0.4) is 0 Å². The second-order valence-corrected chi connectivity index (χ2v) is 22.8. The number of thiophene rings is 1. The van der Waals surface area contributed by atoms with Crippen LogP contribution in [0.15, 0.2) is 77.7 Å². The monoisotopic (exact) mass is 993 g/mol. The molecule has 9 rings (SSSR count). The van der Waals surface area contributed by atoms with E-state index in [0.717, 1.165) is 84.3 Å². The van der Waals surface area contributed by atoms with E-state index >= 15 is 0 Å². The minimum absolute atomic E-state index is 0.0263. The van der Waals surface area contributed by atoms with Crippen LogP contribution in [0.2, 0.25) is 0 Å². The summed E-state index contributed by atoms with van der Waals surface area (Å²) < 4.78 is 1.51. The van der Waals surface area contributed by atoms with Gasteiger partial charge in [0.25, 0.3) is 17.4 Å². The summed E-state index contributed by atoms with van der Waals surface area (Å²) in [5.41, 5.74) is 7.73. The first kappa shape index (κ1) is 50.3. The summed E-state index contributed by atoms with van der Waals surface area (Å²) in [5, 5.41) is 12.3. The smallest absolute Gasteiger partial charge is 0.293 e. The number of nitrogens with zero attached hydrogens (tertiary/aromatic N) is 5. The molecule has 16 heteroatoms. The standard InChI is InChI=1S/C56H67N9O6S/c1-34-38(13-10-15-41(34)60-51(68)46-30-36-12-8-9-17-45(36)72-46)43-32-63(7)54(71)49(59-43)58-37-20-18-35(19-21-37)48-53(70)64(29-28-62(48)6)27-25-56(4,5)33-55(2,3)24-26-57-42-16-11-14-39-40(42)31-65(52(39)69)44-22-23-47(66)61-50(44)67/h10-11,13-16,18-21,30,32,44,48,57H,8-9,12,17,22-29,31,33H2,1-7H3,(H,58,59)(H,60,68)(H,61,66,67)/t44?,48-/m1/s1. The molecule has 2 saturated heterocycles. The van der Waals surface area contributed by atoms with Gasteiger partial charge in [0.2, 0.25) is 17.7 Å². The Morgan fingerprint density at radius 2 is 1.58 bits per heavy atom. The zero-order chi connectivity index (χ0) is 51.1. The summed E-state index contributed by atoms with van der Waals surface area (Å²) in [4.78, 5) is 91.3. The number of likely N-dealkylation sites (N-methyl/N-ethyl adjacent to an activating group) is 1. The van der Waals surface area contributed by atoms with Gasteiger partial charge in [0.1, 0.15) is 12.1 Å². The van der Waals surface area contributed by atoms with Crippen LogP contribution in [0, 0.1) is 17.8 Å².